The first-order chi connectivity index (χ1) is 16.0. The average molecular weight is 466 g/mol. The topological polar surface area (TPSA) is 79.4 Å². The van der Waals surface area contributed by atoms with Crippen molar-refractivity contribution in [2.24, 2.45) is 0 Å². The molecule has 0 radical (unpaired) electrons. The zero-order valence-corrected chi connectivity index (χ0v) is 19.6. The van der Waals surface area contributed by atoms with Crippen LogP contribution in [0.3, 0.4) is 0 Å². The van der Waals surface area contributed by atoms with Crippen molar-refractivity contribution < 1.29 is 9.53 Å². The number of anilines is 2. The van der Waals surface area contributed by atoms with E-state index < -0.39 is 0 Å². The Balaban J connectivity index is 1.57. The summed E-state index contributed by atoms with van der Waals surface area (Å²) in [4.78, 5) is 24.5. The number of halogens is 1. The number of hydrogen-bond acceptors (Lipinski definition) is 6. The van der Waals surface area contributed by atoms with E-state index >= 15 is 0 Å². The molecule has 1 atom stereocenters. The van der Waals surface area contributed by atoms with Gasteiger partial charge in [-0.25, -0.2) is 9.97 Å². The minimum absolute atomic E-state index is 0.205. The number of carbonyl (C=O) groups is 1. The summed E-state index contributed by atoms with van der Waals surface area (Å²) in [5, 5.41) is 6.93. The molecule has 172 valence electrons. The van der Waals surface area contributed by atoms with Crippen molar-refractivity contribution in [3.63, 3.8) is 0 Å². The first kappa shape index (κ1) is 23.0. The number of carbonyl (C=O) groups excluding carboxylic acids is 1. The lowest BCUT2D eigenvalue weighted by molar-refractivity contribution is 0.0950. The molecule has 4 rings (SSSR count). The second-order valence-corrected chi connectivity index (χ2v) is 8.58. The van der Waals surface area contributed by atoms with Crippen molar-refractivity contribution in [3.05, 3.63) is 65.3 Å². The van der Waals surface area contributed by atoms with Crippen molar-refractivity contribution >= 4 is 29.0 Å². The van der Waals surface area contributed by atoms with Gasteiger partial charge in [-0.1, -0.05) is 17.7 Å². The van der Waals surface area contributed by atoms with Crippen molar-refractivity contribution in [2.75, 3.05) is 32.6 Å². The number of amides is 1. The van der Waals surface area contributed by atoms with Crippen molar-refractivity contribution in [2.45, 2.75) is 25.3 Å². The molecule has 1 amide bonds. The van der Waals surface area contributed by atoms with E-state index in [0.717, 1.165) is 24.2 Å². The van der Waals surface area contributed by atoms with E-state index in [9.17, 15) is 4.79 Å². The van der Waals surface area contributed by atoms with Gasteiger partial charge in [0.1, 0.15) is 17.1 Å². The Morgan fingerprint density at radius 3 is 2.79 bits per heavy atom. The Labute approximate surface area is 199 Å². The lowest BCUT2D eigenvalue weighted by atomic mass is 10.1. The average Bonchev–Trinajstić information content (AvgIpc) is 3.24. The third-order valence-electron chi connectivity index (χ3n) is 5.90. The largest absolute Gasteiger partial charge is 0.497 e. The van der Waals surface area contributed by atoms with E-state index in [2.05, 4.69) is 32.5 Å². The van der Waals surface area contributed by atoms with Gasteiger partial charge in [0.15, 0.2) is 5.82 Å². The van der Waals surface area contributed by atoms with Crippen LogP contribution >= 0.6 is 11.6 Å². The molecule has 2 aromatic carbocycles. The molecule has 1 aliphatic rings. The molecule has 0 spiro atoms. The number of hydrogen-bond donors (Lipinski definition) is 2. The summed E-state index contributed by atoms with van der Waals surface area (Å²) >= 11 is 6.02. The molecule has 2 heterocycles. The maximum atomic E-state index is 13.0. The van der Waals surface area contributed by atoms with Gasteiger partial charge in [-0.05, 0) is 69.3 Å². The van der Waals surface area contributed by atoms with Gasteiger partial charge in [-0.3, -0.25) is 4.79 Å². The van der Waals surface area contributed by atoms with Crippen LogP contribution in [-0.2, 0) is 0 Å². The third kappa shape index (κ3) is 5.80. The summed E-state index contributed by atoms with van der Waals surface area (Å²) in [5.74, 6) is 1.43. The zero-order chi connectivity index (χ0) is 23.2. The molecule has 8 heteroatoms. The molecule has 1 aliphatic heterocycles. The first-order valence-corrected chi connectivity index (χ1v) is 11.4. The summed E-state index contributed by atoms with van der Waals surface area (Å²) in [6.45, 7) is 1.72. The minimum Gasteiger partial charge on any atom is -0.497 e. The van der Waals surface area contributed by atoms with E-state index in [4.69, 9.17) is 16.3 Å². The van der Waals surface area contributed by atoms with E-state index in [1.807, 2.05) is 36.4 Å². The summed E-state index contributed by atoms with van der Waals surface area (Å²) in [6, 6.07) is 15.3. The lowest BCUT2D eigenvalue weighted by Gasteiger charge is -2.19. The first-order valence-electron chi connectivity index (χ1n) is 11.1. The Morgan fingerprint density at radius 2 is 2.06 bits per heavy atom. The Hall–Kier alpha value is -3.16. The van der Waals surface area contributed by atoms with E-state index in [0.29, 0.717) is 40.6 Å². The van der Waals surface area contributed by atoms with Crippen molar-refractivity contribution in [3.8, 4) is 17.1 Å². The standard InChI is InChI=1S/C25H28ClN5O2/c1-31-14-4-6-20(31)12-13-27-25(32)22-16-28-23(17-8-10-18(26)11-9-17)30-24(22)29-19-5-3-7-21(15-19)33-2/h3,5,7-11,15-16,20H,4,6,12-14H2,1-2H3,(H,27,32)(H,28,29,30). The highest BCUT2D eigenvalue weighted by atomic mass is 35.5. The monoisotopic (exact) mass is 465 g/mol. The molecule has 7 nitrogen and oxygen atoms in total. The van der Waals surface area contributed by atoms with Crippen molar-refractivity contribution in [1.29, 1.82) is 0 Å². The summed E-state index contributed by atoms with van der Waals surface area (Å²) < 4.78 is 5.32. The van der Waals surface area contributed by atoms with Crippen LogP contribution < -0.4 is 15.4 Å². The maximum absolute atomic E-state index is 13.0. The van der Waals surface area contributed by atoms with Gasteiger partial charge >= 0.3 is 0 Å². The molecular formula is C25H28ClN5O2. The molecule has 33 heavy (non-hydrogen) atoms. The molecule has 1 unspecified atom stereocenters. The molecule has 0 bridgehead atoms. The van der Waals surface area contributed by atoms with Crippen LogP contribution in [0.2, 0.25) is 5.02 Å². The van der Waals surface area contributed by atoms with Gasteiger partial charge in [0.05, 0.1) is 7.11 Å². The molecule has 0 saturated carbocycles. The maximum Gasteiger partial charge on any atom is 0.256 e. The van der Waals surface area contributed by atoms with Crippen molar-refractivity contribution in [1.82, 2.24) is 20.2 Å². The number of nitrogens with one attached hydrogen (secondary N) is 2. The van der Waals surface area contributed by atoms with E-state index in [1.54, 1.807) is 25.4 Å². The summed E-state index contributed by atoms with van der Waals surface area (Å²) in [7, 11) is 3.75. The van der Waals surface area contributed by atoms with Gasteiger partial charge in [0, 0.05) is 41.1 Å². The highest BCUT2D eigenvalue weighted by molar-refractivity contribution is 6.30. The molecular weight excluding hydrogens is 438 g/mol. The van der Waals surface area contributed by atoms with Gasteiger partial charge < -0.3 is 20.3 Å². The fraction of sp³-hybridized carbons (Fsp3) is 0.320. The Bertz CT molecular complexity index is 1110. The van der Waals surface area contributed by atoms with Gasteiger partial charge in [0.2, 0.25) is 0 Å². The second kappa shape index (κ2) is 10.6. The molecule has 2 N–H and O–H groups in total. The Morgan fingerprint density at radius 1 is 1.24 bits per heavy atom. The van der Waals surface area contributed by atoms with Crippen LogP contribution in [0.1, 0.15) is 29.6 Å². The smallest absolute Gasteiger partial charge is 0.256 e. The van der Waals surface area contributed by atoms with Gasteiger partial charge in [-0.2, -0.15) is 0 Å². The second-order valence-electron chi connectivity index (χ2n) is 8.14. The molecule has 1 fully saturated rings. The SMILES string of the molecule is COc1cccc(Nc2nc(-c3ccc(Cl)cc3)ncc2C(=O)NCCC2CCCN2C)c1. The summed E-state index contributed by atoms with van der Waals surface area (Å²) in [5.41, 5.74) is 1.95. The number of rotatable bonds is 8. The van der Waals surface area contributed by atoms with Crippen LogP contribution in [-0.4, -0.2) is 54.1 Å². The Kier molecular flexibility index (Phi) is 7.42. The van der Waals surface area contributed by atoms with Crippen LogP contribution in [0, 0.1) is 0 Å². The lowest BCUT2D eigenvalue weighted by Crippen LogP contribution is -2.32. The molecule has 1 aromatic heterocycles. The van der Waals surface area contributed by atoms with Gasteiger partial charge in [0.25, 0.3) is 5.91 Å². The fourth-order valence-electron chi connectivity index (χ4n) is 4.01. The highest BCUT2D eigenvalue weighted by Crippen LogP contribution is 2.26. The summed E-state index contributed by atoms with van der Waals surface area (Å²) in [6.07, 6.45) is 4.87. The van der Waals surface area contributed by atoms with Crippen LogP contribution in [0.15, 0.2) is 54.7 Å². The highest BCUT2D eigenvalue weighted by Gasteiger charge is 2.21. The quantitative estimate of drug-likeness (QED) is 0.499. The molecule has 3 aromatic rings. The third-order valence-corrected chi connectivity index (χ3v) is 6.15. The van der Waals surface area contributed by atoms with E-state index in [1.165, 1.54) is 12.8 Å². The van der Waals surface area contributed by atoms with Crippen LogP contribution in [0.4, 0.5) is 11.5 Å². The zero-order valence-electron chi connectivity index (χ0n) is 18.8. The van der Waals surface area contributed by atoms with E-state index in [-0.39, 0.29) is 5.91 Å². The fourth-order valence-corrected chi connectivity index (χ4v) is 4.14. The van der Waals surface area contributed by atoms with Gasteiger partial charge in [-0.15, -0.1) is 0 Å². The number of aromatic nitrogens is 2. The normalized spacial score (nSPS) is 15.9. The minimum atomic E-state index is -0.205. The number of ether oxygens (including phenoxy) is 1. The number of likely N-dealkylation sites (tertiary alicyclic amines) is 1. The predicted molar refractivity (Wildman–Crippen MR) is 131 cm³/mol. The number of nitrogens with zero attached hydrogens (tertiary/aromatic N) is 3. The number of methoxy groups -OCH3 is 1. The predicted octanol–water partition coefficient (Wildman–Crippen LogP) is 4.76. The molecule has 1 saturated heterocycles. The van der Waals surface area contributed by atoms with Crippen LogP contribution in [0.5, 0.6) is 5.75 Å². The molecule has 0 aliphatic carbocycles. The number of benzene rings is 2. The van der Waals surface area contributed by atoms with Crippen LogP contribution in [0.25, 0.3) is 11.4 Å².